The van der Waals surface area contributed by atoms with Gasteiger partial charge in [-0.1, -0.05) is 53.4 Å². The molecule has 0 heterocycles. The van der Waals surface area contributed by atoms with E-state index in [1.54, 1.807) is 0 Å². The summed E-state index contributed by atoms with van der Waals surface area (Å²) >= 11 is 0. The number of hydrogen-bond donors (Lipinski definition) is 1. The molecule has 0 saturated carbocycles. The zero-order chi connectivity index (χ0) is 12.4. The highest BCUT2D eigenvalue weighted by molar-refractivity contribution is 4.80. The Bertz CT molecular complexity index is 156. The highest BCUT2D eigenvalue weighted by atomic mass is 14.8. The highest BCUT2D eigenvalue weighted by Crippen LogP contribution is 2.40. The van der Waals surface area contributed by atoms with Gasteiger partial charge in [0.25, 0.3) is 0 Å². The molecule has 2 atom stereocenters. The first-order valence-corrected chi connectivity index (χ1v) is 7.28. The molecule has 0 saturated heterocycles. The first-order valence-electron chi connectivity index (χ1n) is 7.28. The summed E-state index contributed by atoms with van der Waals surface area (Å²) < 4.78 is 0. The third-order valence-corrected chi connectivity index (χ3v) is 3.93. The van der Waals surface area contributed by atoms with Crippen LogP contribution in [0, 0.1) is 11.3 Å². The van der Waals surface area contributed by atoms with Crippen LogP contribution in [0.1, 0.15) is 72.6 Å². The van der Waals surface area contributed by atoms with E-state index in [0.717, 1.165) is 12.5 Å². The molecular weight excluding hydrogens is 194 g/mol. The van der Waals surface area contributed by atoms with Gasteiger partial charge in [-0.25, -0.2) is 0 Å². The van der Waals surface area contributed by atoms with Crippen molar-refractivity contribution in [1.29, 1.82) is 0 Å². The summed E-state index contributed by atoms with van der Waals surface area (Å²) in [6.45, 7) is 10.6. The van der Waals surface area contributed by atoms with E-state index in [2.05, 4.69) is 40.1 Å². The highest BCUT2D eigenvalue weighted by Gasteiger charge is 2.28. The van der Waals surface area contributed by atoms with Crippen LogP contribution >= 0.6 is 0 Å². The summed E-state index contributed by atoms with van der Waals surface area (Å²) in [5.41, 5.74) is 0.626. The molecule has 1 N–H and O–H groups in total. The molecule has 0 radical (unpaired) electrons. The standard InChI is InChI=1S/C15H33N/c1-6-9-11-15(8-3,10-7-2)12-14(4)13-16-5/h14,16H,6-13H2,1-5H3. The maximum Gasteiger partial charge on any atom is -0.00260 e. The summed E-state index contributed by atoms with van der Waals surface area (Å²) in [5, 5.41) is 3.31. The predicted octanol–water partition coefficient (Wildman–Crippen LogP) is 4.62. The molecule has 0 aromatic carbocycles. The number of rotatable bonds is 10. The molecule has 0 aromatic heterocycles. The molecule has 1 nitrogen and oxygen atoms in total. The molecule has 98 valence electrons. The Labute approximate surface area is 103 Å². The zero-order valence-corrected chi connectivity index (χ0v) is 12.2. The van der Waals surface area contributed by atoms with Gasteiger partial charge < -0.3 is 5.32 Å². The van der Waals surface area contributed by atoms with E-state index in [-0.39, 0.29) is 0 Å². The first kappa shape index (κ1) is 16.0. The fraction of sp³-hybridized carbons (Fsp3) is 1.00. The van der Waals surface area contributed by atoms with Gasteiger partial charge in [0.05, 0.1) is 0 Å². The van der Waals surface area contributed by atoms with E-state index in [1.165, 1.54) is 44.9 Å². The van der Waals surface area contributed by atoms with Gasteiger partial charge in [0, 0.05) is 0 Å². The van der Waals surface area contributed by atoms with Crippen LogP contribution in [0.4, 0.5) is 0 Å². The third-order valence-electron chi connectivity index (χ3n) is 3.93. The molecule has 16 heavy (non-hydrogen) atoms. The molecule has 0 aliphatic rings. The topological polar surface area (TPSA) is 12.0 Å². The van der Waals surface area contributed by atoms with Crippen molar-refractivity contribution in [2.24, 2.45) is 11.3 Å². The lowest BCUT2D eigenvalue weighted by molar-refractivity contribution is 0.168. The van der Waals surface area contributed by atoms with E-state index in [1.807, 2.05) is 0 Å². The molecule has 0 fully saturated rings. The van der Waals surface area contributed by atoms with E-state index in [9.17, 15) is 0 Å². The first-order chi connectivity index (χ1) is 7.64. The van der Waals surface area contributed by atoms with Gasteiger partial charge in [-0.05, 0) is 44.2 Å². The minimum atomic E-state index is 0.626. The number of hydrogen-bond acceptors (Lipinski definition) is 1. The maximum atomic E-state index is 3.31. The van der Waals surface area contributed by atoms with E-state index < -0.39 is 0 Å². The average molecular weight is 227 g/mol. The van der Waals surface area contributed by atoms with Gasteiger partial charge in [-0.15, -0.1) is 0 Å². The van der Waals surface area contributed by atoms with E-state index in [4.69, 9.17) is 0 Å². The van der Waals surface area contributed by atoms with Crippen molar-refractivity contribution in [2.75, 3.05) is 13.6 Å². The fourth-order valence-electron chi connectivity index (χ4n) is 3.07. The van der Waals surface area contributed by atoms with Crippen molar-refractivity contribution in [3.8, 4) is 0 Å². The van der Waals surface area contributed by atoms with Gasteiger partial charge in [-0.2, -0.15) is 0 Å². The van der Waals surface area contributed by atoms with Gasteiger partial charge in [0.1, 0.15) is 0 Å². The summed E-state index contributed by atoms with van der Waals surface area (Å²) in [6.07, 6.45) is 9.68. The molecule has 0 aromatic rings. The lowest BCUT2D eigenvalue weighted by Crippen LogP contribution is -2.27. The van der Waals surface area contributed by atoms with Crippen molar-refractivity contribution in [1.82, 2.24) is 5.32 Å². The van der Waals surface area contributed by atoms with Crippen molar-refractivity contribution >= 4 is 0 Å². The second-order valence-corrected chi connectivity index (χ2v) is 5.57. The summed E-state index contributed by atoms with van der Waals surface area (Å²) in [4.78, 5) is 0. The van der Waals surface area contributed by atoms with Crippen LogP contribution in [0.5, 0.6) is 0 Å². The Morgan fingerprint density at radius 1 is 1.06 bits per heavy atom. The zero-order valence-electron chi connectivity index (χ0n) is 12.2. The summed E-state index contributed by atoms with van der Waals surface area (Å²) in [7, 11) is 2.07. The summed E-state index contributed by atoms with van der Waals surface area (Å²) in [5.74, 6) is 0.813. The largest absolute Gasteiger partial charge is 0.319 e. The quantitative estimate of drug-likeness (QED) is 0.574. The molecule has 0 aliphatic heterocycles. The second-order valence-electron chi connectivity index (χ2n) is 5.57. The Morgan fingerprint density at radius 3 is 2.19 bits per heavy atom. The van der Waals surface area contributed by atoms with Crippen LogP contribution in [0.3, 0.4) is 0 Å². The maximum absolute atomic E-state index is 3.31. The van der Waals surface area contributed by atoms with Crippen molar-refractivity contribution in [3.05, 3.63) is 0 Å². The third kappa shape index (κ3) is 5.89. The molecule has 0 bridgehead atoms. The van der Waals surface area contributed by atoms with Crippen LogP contribution in [0.15, 0.2) is 0 Å². The lowest BCUT2D eigenvalue weighted by Gasteiger charge is -2.35. The van der Waals surface area contributed by atoms with Crippen molar-refractivity contribution in [3.63, 3.8) is 0 Å². The minimum Gasteiger partial charge on any atom is -0.319 e. The van der Waals surface area contributed by atoms with Crippen LogP contribution in [0.25, 0.3) is 0 Å². The SMILES string of the molecule is CCCCC(CC)(CCC)CC(C)CNC. The minimum absolute atomic E-state index is 0.626. The lowest BCUT2D eigenvalue weighted by atomic mass is 9.71. The second kappa shape index (κ2) is 9.04. The Morgan fingerprint density at radius 2 is 1.75 bits per heavy atom. The van der Waals surface area contributed by atoms with Crippen molar-refractivity contribution < 1.29 is 0 Å². The molecular formula is C15H33N. The summed E-state index contributed by atoms with van der Waals surface area (Å²) in [6, 6.07) is 0. The molecule has 0 amide bonds. The molecule has 1 heteroatoms. The van der Waals surface area contributed by atoms with Crippen molar-refractivity contribution in [2.45, 2.75) is 72.6 Å². The monoisotopic (exact) mass is 227 g/mol. The Kier molecular flexibility index (Phi) is 9.02. The van der Waals surface area contributed by atoms with Crippen LogP contribution in [-0.2, 0) is 0 Å². The van der Waals surface area contributed by atoms with E-state index in [0.29, 0.717) is 5.41 Å². The fourth-order valence-corrected chi connectivity index (χ4v) is 3.07. The predicted molar refractivity (Wildman–Crippen MR) is 74.9 cm³/mol. The van der Waals surface area contributed by atoms with Crippen LogP contribution in [0.2, 0.25) is 0 Å². The van der Waals surface area contributed by atoms with Gasteiger partial charge in [0.2, 0.25) is 0 Å². The number of unbranched alkanes of at least 4 members (excludes halogenated alkanes) is 1. The van der Waals surface area contributed by atoms with Gasteiger partial charge >= 0.3 is 0 Å². The average Bonchev–Trinajstić information content (AvgIpc) is 2.26. The number of nitrogens with one attached hydrogen (secondary N) is 1. The molecule has 0 aliphatic carbocycles. The van der Waals surface area contributed by atoms with Crippen LogP contribution < -0.4 is 5.32 Å². The Hall–Kier alpha value is -0.0400. The molecule has 2 unspecified atom stereocenters. The van der Waals surface area contributed by atoms with Gasteiger partial charge in [0.15, 0.2) is 0 Å². The Balaban J connectivity index is 4.35. The van der Waals surface area contributed by atoms with Gasteiger partial charge in [-0.3, -0.25) is 0 Å². The van der Waals surface area contributed by atoms with Crippen LogP contribution in [-0.4, -0.2) is 13.6 Å². The molecule has 0 spiro atoms. The van der Waals surface area contributed by atoms with E-state index >= 15 is 0 Å². The molecule has 0 rings (SSSR count). The normalized spacial score (nSPS) is 17.1. The smallest absolute Gasteiger partial charge is 0.00260 e.